The van der Waals surface area contributed by atoms with Crippen LogP contribution in [0.2, 0.25) is 0 Å². The van der Waals surface area contributed by atoms with Crippen LogP contribution in [0.15, 0.2) is 18.2 Å². The van der Waals surface area contributed by atoms with E-state index in [0.717, 1.165) is 18.2 Å². The second-order valence-corrected chi connectivity index (χ2v) is 3.22. The minimum Gasteiger partial charge on any atom is -0.507 e. The number of aromatic hydroxyl groups is 1. The van der Waals surface area contributed by atoms with Gasteiger partial charge in [-0.3, -0.25) is 4.79 Å². The Balaban J connectivity index is 2.77. The number of nitrogens with one attached hydrogen (secondary N) is 1. The molecule has 0 radical (unpaired) electrons. The van der Waals surface area contributed by atoms with Crippen LogP contribution in [0.4, 0.5) is 4.39 Å². The summed E-state index contributed by atoms with van der Waals surface area (Å²) in [5.41, 5.74) is -0.143. The molecule has 0 saturated carbocycles. The summed E-state index contributed by atoms with van der Waals surface area (Å²) in [6.07, 6.45) is -0.690. The third-order valence-electron chi connectivity index (χ3n) is 1.76. The highest BCUT2D eigenvalue weighted by Crippen LogP contribution is 2.17. The van der Waals surface area contributed by atoms with E-state index in [2.05, 4.69) is 5.32 Å². The minimum atomic E-state index is -0.690. The highest BCUT2D eigenvalue weighted by Gasteiger charge is 2.12. The lowest BCUT2D eigenvalue weighted by molar-refractivity contribution is 0.0921. The van der Waals surface area contributed by atoms with Crippen molar-refractivity contribution in [3.63, 3.8) is 0 Å². The van der Waals surface area contributed by atoms with Crippen LogP contribution in [-0.2, 0) is 0 Å². The van der Waals surface area contributed by atoms with Gasteiger partial charge in [-0.2, -0.15) is 0 Å². The van der Waals surface area contributed by atoms with Crippen LogP contribution in [0.3, 0.4) is 0 Å². The van der Waals surface area contributed by atoms with Crippen molar-refractivity contribution in [1.82, 2.24) is 5.32 Å². The van der Waals surface area contributed by atoms with Gasteiger partial charge >= 0.3 is 0 Å². The fourth-order valence-electron chi connectivity index (χ4n) is 1.03. The number of halogens is 1. The van der Waals surface area contributed by atoms with E-state index in [1.807, 2.05) is 0 Å². The molecular formula is C10H12FNO3. The van der Waals surface area contributed by atoms with Crippen molar-refractivity contribution < 1.29 is 19.4 Å². The standard InChI is InChI=1S/C10H12FNO3/c1-6(13)5-12-10(15)8-4-7(11)2-3-9(8)14/h2-4,6,13-14H,5H2,1H3,(H,12,15)/t6-/m0/s1. The van der Waals surface area contributed by atoms with Gasteiger partial charge in [0.25, 0.3) is 5.91 Å². The van der Waals surface area contributed by atoms with Gasteiger partial charge in [-0.1, -0.05) is 0 Å². The molecule has 3 N–H and O–H groups in total. The largest absolute Gasteiger partial charge is 0.507 e. The third-order valence-corrected chi connectivity index (χ3v) is 1.76. The van der Waals surface area contributed by atoms with Gasteiger partial charge in [0.1, 0.15) is 11.6 Å². The Kier molecular flexibility index (Phi) is 3.62. The molecule has 0 saturated heterocycles. The number of carbonyl (C=O) groups excluding carboxylic acids is 1. The second kappa shape index (κ2) is 4.75. The van der Waals surface area contributed by atoms with Crippen LogP contribution in [-0.4, -0.2) is 28.8 Å². The zero-order valence-electron chi connectivity index (χ0n) is 8.20. The number of hydrogen-bond acceptors (Lipinski definition) is 3. The predicted molar refractivity (Wildman–Crippen MR) is 52.1 cm³/mol. The molecule has 0 aliphatic heterocycles. The van der Waals surface area contributed by atoms with Crippen molar-refractivity contribution in [2.24, 2.45) is 0 Å². The molecule has 1 amide bonds. The zero-order valence-corrected chi connectivity index (χ0v) is 8.20. The van der Waals surface area contributed by atoms with Gasteiger partial charge < -0.3 is 15.5 Å². The van der Waals surface area contributed by atoms with E-state index in [-0.39, 0.29) is 17.9 Å². The smallest absolute Gasteiger partial charge is 0.255 e. The van der Waals surface area contributed by atoms with E-state index >= 15 is 0 Å². The number of hydrogen-bond donors (Lipinski definition) is 3. The fraction of sp³-hybridized carbons (Fsp3) is 0.300. The lowest BCUT2D eigenvalue weighted by Gasteiger charge is -2.08. The van der Waals surface area contributed by atoms with E-state index in [9.17, 15) is 14.3 Å². The first-order chi connectivity index (χ1) is 7.00. The quantitative estimate of drug-likeness (QED) is 0.690. The van der Waals surface area contributed by atoms with Crippen LogP contribution in [0.5, 0.6) is 5.75 Å². The van der Waals surface area contributed by atoms with Crippen molar-refractivity contribution >= 4 is 5.91 Å². The van der Waals surface area contributed by atoms with E-state index in [1.54, 1.807) is 0 Å². The number of amides is 1. The molecule has 5 heteroatoms. The van der Waals surface area contributed by atoms with Gasteiger partial charge in [-0.15, -0.1) is 0 Å². The average molecular weight is 213 g/mol. The van der Waals surface area contributed by atoms with E-state index in [0.29, 0.717) is 0 Å². The summed E-state index contributed by atoms with van der Waals surface area (Å²) >= 11 is 0. The van der Waals surface area contributed by atoms with Gasteiger partial charge in [0.15, 0.2) is 0 Å². The van der Waals surface area contributed by atoms with Gasteiger partial charge in [-0.05, 0) is 25.1 Å². The topological polar surface area (TPSA) is 69.6 Å². The highest BCUT2D eigenvalue weighted by atomic mass is 19.1. The monoisotopic (exact) mass is 213 g/mol. The summed E-state index contributed by atoms with van der Waals surface area (Å²) in [4.78, 5) is 11.4. The lowest BCUT2D eigenvalue weighted by atomic mass is 10.2. The van der Waals surface area contributed by atoms with Crippen LogP contribution < -0.4 is 5.32 Å². The Bertz CT molecular complexity index is 366. The van der Waals surface area contributed by atoms with E-state index < -0.39 is 17.8 Å². The van der Waals surface area contributed by atoms with Crippen LogP contribution in [0.25, 0.3) is 0 Å². The molecule has 1 aromatic carbocycles. The first-order valence-corrected chi connectivity index (χ1v) is 4.45. The predicted octanol–water partition coefficient (Wildman–Crippen LogP) is 0.642. The molecule has 82 valence electrons. The van der Waals surface area contributed by atoms with Crippen LogP contribution in [0.1, 0.15) is 17.3 Å². The number of phenols is 1. The average Bonchev–Trinajstić information content (AvgIpc) is 2.18. The maximum atomic E-state index is 12.8. The zero-order chi connectivity index (χ0) is 11.4. The molecule has 0 aliphatic carbocycles. The highest BCUT2D eigenvalue weighted by molar-refractivity contribution is 5.96. The maximum Gasteiger partial charge on any atom is 0.255 e. The number of aliphatic hydroxyl groups is 1. The van der Waals surface area contributed by atoms with Gasteiger partial charge in [0.2, 0.25) is 0 Å². The van der Waals surface area contributed by atoms with Gasteiger partial charge in [0.05, 0.1) is 11.7 Å². The number of rotatable bonds is 3. The van der Waals surface area contributed by atoms with Crippen LogP contribution >= 0.6 is 0 Å². The second-order valence-electron chi connectivity index (χ2n) is 3.22. The molecule has 0 spiro atoms. The molecule has 1 aromatic rings. The molecule has 0 aromatic heterocycles. The summed E-state index contributed by atoms with van der Waals surface area (Å²) in [6.45, 7) is 1.56. The van der Waals surface area contributed by atoms with Crippen molar-refractivity contribution in [3.8, 4) is 5.75 Å². The third kappa shape index (κ3) is 3.21. The maximum absolute atomic E-state index is 12.8. The molecule has 0 unspecified atom stereocenters. The SMILES string of the molecule is C[C@H](O)CNC(=O)c1cc(F)ccc1O. The van der Waals surface area contributed by atoms with Crippen LogP contribution in [0, 0.1) is 5.82 Å². The van der Waals surface area contributed by atoms with Crippen molar-refractivity contribution in [2.45, 2.75) is 13.0 Å². The summed E-state index contributed by atoms with van der Waals surface area (Å²) in [7, 11) is 0. The summed E-state index contributed by atoms with van der Waals surface area (Å²) < 4.78 is 12.8. The Hall–Kier alpha value is -1.62. The Morgan fingerprint density at radius 3 is 2.87 bits per heavy atom. The first-order valence-electron chi connectivity index (χ1n) is 4.45. The molecule has 15 heavy (non-hydrogen) atoms. The normalized spacial score (nSPS) is 12.2. The number of carbonyl (C=O) groups is 1. The van der Waals surface area contributed by atoms with Crippen molar-refractivity contribution in [3.05, 3.63) is 29.6 Å². The van der Waals surface area contributed by atoms with E-state index in [4.69, 9.17) is 5.11 Å². The molecule has 1 rings (SSSR count). The number of benzene rings is 1. The minimum absolute atomic E-state index is 0.0504. The summed E-state index contributed by atoms with van der Waals surface area (Å²) in [5, 5.41) is 20.6. The number of aliphatic hydroxyl groups excluding tert-OH is 1. The Labute approximate surface area is 86.4 Å². The molecule has 0 fully saturated rings. The first kappa shape index (κ1) is 11.5. The summed E-state index contributed by atoms with van der Waals surface area (Å²) in [6, 6.07) is 3.10. The van der Waals surface area contributed by atoms with Crippen molar-refractivity contribution in [1.29, 1.82) is 0 Å². The Morgan fingerprint density at radius 2 is 2.27 bits per heavy atom. The molecule has 0 aliphatic rings. The molecule has 0 bridgehead atoms. The van der Waals surface area contributed by atoms with E-state index in [1.165, 1.54) is 6.92 Å². The Morgan fingerprint density at radius 1 is 1.60 bits per heavy atom. The molecular weight excluding hydrogens is 201 g/mol. The lowest BCUT2D eigenvalue weighted by Crippen LogP contribution is -2.30. The fourth-order valence-corrected chi connectivity index (χ4v) is 1.03. The van der Waals surface area contributed by atoms with Crippen molar-refractivity contribution in [2.75, 3.05) is 6.54 Å². The van der Waals surface area contributed by atoms with Gasteiger partial charge in [0, 0.05) is 6.54 Å². The molecule has 1 atom stereocenters. The molecule has 0 heterocycles. The van der Waals surface area contributed by atoms with Gasteiger partial charge in [-0.25, -0.2) is 4.39 Å². The number of phenolic OH excluding ortho intramolecular Hbond substituents is 1. The summed E-state index contributed by atoms with van der Waals surface area (Å²) in [5.74, 6) is -1.51. The molecule has 4 nitrogen and oxygen atoms in total.